The molecule has 0 spiro atoms. The molecule has 2 heterocycles. The Morgan fingerprint density at radius 2 is 1.86 bits per heavy atom. The van der Waals surface area contributed by atoms with E-state index < -0.39 is 5.91 Å². The highest BCUT2D eigenvalue weighted by molar-refractivity contribution is 8.19. The zero-order chi connectivity index (χ0) is 24.5. The molecule has 2 aliphatic rings. The van der Waals surface area contributed by atoms with Crippen molar-refractivity contribution in [2.75, 3.05) is 17.3 Å². The molecule has 0 atom stereocenters. The van der Waals surface area contributed by atoms with Crippen molar-refractivity contribution in [1.82, 2.24) is 0 Å². The average Bonchev–Trinajstić information content (AvgIpc) is 3.33. The number of carbonyl (C=O) groups is 2. The first kappa shape index (κ1) is 22.8. The normalized spacial score (nSPS) is 18.5. The Labute approximate surface area is 208 Å². The van der Waals surface area contributed by atoms with Crippen LogP contribution in [0.4, 0.5) is 15.8 Å². The summed E-state index contributed by atoms with van der Waals surface area (Å²) in [7, 11) is 1.53. The van der Waals surface area contributed by atoms with Crippen LogP contribution in [0.5, 0.6) is 5.75 Å². The summed E-state index contributed by atoms with van der Waals surface area (Å²) in [5, 5.41) is 11.9. The molecule has 0 saturated carbocycles. The standard InChI is InChI=1S/C25H16ClFN4O3S/c1-34-18-4-2-3-17(13-18)31-24(33)21(11-14-5-8-16(27)9-6-14)35-25(31)30-29-22-19-12-15(26)7-10-20(19)28-23(22)32/h2-13H,1H3,(H,28,29,32). The lowest BCUT2D eigenvalue weighted by atomic mass is 10.1. The van der Waals surface area contributed by atoms with Crippen molar-refractivity contribution in [1.29, 1.82) is 0 Å². The Morgan fingerprint density at radius 1 is 1.06 bits per heavy atom. The van der Waals surface area contributed by atoms with Crippen LogP contribution in [0.1, 0.15) is 11.1 Å². The highest BCUT2D eigenvalue weighted by Crippen LogP contribution is 2.37. The molecule has 1 fully saturated rings. The topological polar surface area (TPSA) is 83.4 Å². The van der Waals surface area contributed by atoms with E-state index in [0.717, 1.165) is 11.8 Å². The Kier molecular flexibility index (Phi) is 6.10. The van der Waals surface area contributed by atoms with E-state index in [1.165, 1.54) is 24.1 Å². The summed E-state index contributed by atoms with van der Waals surface area (Å²) >= 11 is 7.18. The van der Waals surface area contributed by atoms with Crippen LogP contribution in [0.15, 0.2) is 81.8 Å². The summed E-state index contributed by atoms with van der Waals surface area (Å²) in [6.07, 6.45) is 1.65. The van der Waals surface area contributed by atoms with Crippen LogP contribution in [-0.2, 0) is 9.59 Å². The zero-order valence-corrected chi connectivity index (χ0v) is 19.7. The van der Waals surface area contributed by atoms with Crippen molar-refractivity contribution in [2.24, 2.45) is 10.2 Å². The second kappa shape index (κ2) is 9.36. The van der Waals surface area contributed by atoms with Crippen LogP contribution in [-0.4, -0.2) is 29.8 Å². The number of amidine groups is 1. The number of ether oxygens (including phenoxy) is 1. The minimum Gasteiger partial charge on any atom is -0.497 e. The molecule has 0 aliphatic carbocycles. The number of nitrogens with one attached hydrogen (secondary N) is 1. The number of benzene rings is 3. The van der Waals surface area contributed by atoms with Gasteiger partial charge in [0, 0.05) is 16.7 Å². The summed E-state index contributed by atoms with van der Waals surface area (Å²) in [6.45, 7) is 0. The largest absolute Gasteiger partial charge is 0.497 e. The van der Waals surface area contributed by atoms with Gasteiger partial charge in [0.25, 0.3) is 11.8 Å². The number of carbonyl (C=O) groups excluding carboxylic acids is 2. The first-order chi connectivity index (χ1) is 16.9. The van der Waals surface area contributed by atoms with Crippen LogP contribution in [0.25, 0.3) is 6.08 Å². The second-order valence-corrected chi connectivity index (χ2v) is 8.92. The van der Waals surface area contributed by atoms with E-state index in [0.29, 0.717) is 38.2 Å². The molecule has 10 heteroatoms. The monoisotopic (exact) mass is 506 g/mol. The van der Waals surface area contributed by atoms with E-state index in [-0.39, 0.29) is 22.6 Å². The summed E-state index contributed by atoms with van der Waals surface area (Å²) in [5.41, 5.74) is 2.36. The molecule has 1 N–H and O–H groups in total. The highest BCUT2D eigenvalue weighted by Gasteiger charge is 2.35. The summed E-state index contributed by atoms with van der Waals surface area (Å²) < 4.78 is 18.6. The van der Waals surface area contributed by atoms with E-state index in [1.54, 1.807) is 60.7 Å². The summed E-state index contributed by atoms with van der Waals surface area (Å²) in [4.78, 5) is 27.6. The molecule has 0 bridgehead atoms. The van der Waals surface area contributed by atoms with Gasteiger partial charge in [-0.25, -0.2) is 4.39 Å². The molecule has 2 aliphatic heterocycles. The number of halogens is 2. The molecular weight excluding hydrogens is 491 g/mol. The van der Waals surface area contributed by atoms with Crippen LogP contribution < -0.4 is 15.0 Å². The lowest BCUT2D eigenvalue weighted by Crippen LogP contribution is -2.28. The van der Waals surface area contributed by atoms with Crippen molar-refractivity contribution < 1.29 is 18.7 Å². The predicted molar refractivity (Wildman–Crippen MR) is 137 cm³/mol. The molecule has 174 valence electrons. The quantitative estimate of drug-likeness (QED) is 0.383. The van der Waals surface area contributed by atoms with E-state index in [1.807, 2.05) is 0 Å². The number of nitrogens with zero attached hydrogens (tertiary/aromatic N) is 3. The van der Waals surface area contributed by atoms with E-state index in [2.05, 4.69) is 15.5 Å². The number of hydrogen-bond donors (Lipinski definition) is 1. The van der Waals surface area contributed by atoms with Crippen molar-refractivity contribution in [3.05, 3.63) is 93.6 Å². The van der Waals surface area contributed by atoms with Crippen molar-refractivity contribution in [2.45, 2.75) is 0 Å². The fraction of sp³-hybridized carbons (Fsp3) is 0.0400. The van der Waals surface area contributed by atoms with Crippen LogP contribution in [0, 0.1) is 5.82 Å². The number of rotatable bonds is 4. The average molecular weight is 507 g/mol. The number of hydrogen-bond acceptors (Lipinski definition) is 6. The molecule has 0 unspecified atom stereocenters. The van der Waals surface area contributed by atoms with Crippen molar-refractivity contribution >= 4 is 63.5 Å². The van der Waals surface area contributed by atoms with Gasteiger partial charge in [0.2, 0.25) is 5.17 Å². The van der Waals surface area contributed by atoms with E-state index in [9.17, 15) is 14.0 Å². The fourth-order valence-corrected chi connectivity index (χ4v) is 4.65. The molecular formula is C25H16ClFN4O3S. The van der Waals surface area contributed by atoms with Gasteiger partial charge in [-0.2, -0.15) is 0 Å². The second-order valence-electron chi connectivity index (χ2n) is 7.48. The minimum atomic E-state index is -0.420. The third-order valence-corrected chi connectivity index (χ3v) is 6.42. The van der Waals surface area contributed by atoms with Crippen LogP contribution in [0.2, 0.25) is 5.02 Å². The number of anilines is 2. The first-order valence-corrected chi connectivity index (χ1v) is 11.5. The SMILES string of the molecule is COc1cccc(N2C(=O)C(=Cc3ccc(F)cc3)SC2=NN=C2C(=O)Nc3ccc(Cl)cc32)c1. The number of thioether (sulfide) groups is 1. The molecule has 3 aromatic carbocycles. The molecule has 0 aromatic heterocycles. The van der Waals surface area contributed by atoms with Gasteiger partial charge >= 0.3 is 0 Å². The molecule has 0 radical (unpaired) electrons. The number of amides is 2. The first-order valence-electron chi connectivity index (χ1n) is 10.3. The van der Waals surface area contributed by atoms with Crippen molar-refractivity contribution in [3.63, 3.8) is 0 Å². The molecule has 3 aromatic rings. The third-order valence-electron chi connectivity index (χ3n) is 5.22. The van der Waals surface area contributed by atoms with Crippen LogP contribution >= 0.6 is 23.4 Å². The van der Waals surface area contributed by atoms with Gasteiger partial charge in [0.05, 0.1) is 23.4 Å². The number of fused-ring (bicyclic) bond motifs is 1. The van der Waals surface area contributed by atoms with Gasteiger partial charge < -0.3 is 10.1 Å². The van der Waals surface area contributed by atoms with Gasteiger partial charge in [-0.15, -0.1) is 10.2 Å². The summed E-state index contributed by atoms with van der Waals surface area (Å²) in [5.74, 6) is -0.577. The molecule has 2 amide bonds. The molecule has 1 saturated heterocycles. The van der Waals surface area contributed by atoms with E-state index in [4.69, 9.17) is 16.3 Å². The molecule has 35 heavy (non-hydrogen) atoms. The Bertz CT molecular complexity index is 1450. The maximum absolute atomic E-state index is 13.4. The molecule has 7 nitrogen and oxygen atoms in total. The fourth-order valence-electron chi connectivity index (χ4n) is 3.55. The van der Waals surface area contributed by atoms with E-state index >= 15 is 0 Å². The third kappa shape index (κ3) is 4.55. The minimum absolute atomic E-state index is 0.0876. The molecule has 5 rings (SSSR count). The maximum Gasteiger partial charge on any atom is 0.276 e. The van der Waals surface area contributed by atoms with Gasteiger partial charge in [-0.1, -0.05) is 29.8 Å². The Balaban J connectivity index is 1.58. The Hall–Kier alpha value is -3.95. The maximum atomic E-state index is 13.4. The summed E-state index contributed by atoms with van der Waals surface area (Å²) in [6, 6.07) is 17.7. The lowest BCUT2D eigenvalue weighted by molar-refractivity contribution is -0.113. The Morgan fingerprint density at radius 3 is 2.63 bits per heavy atom. The zero-order valence-electron chi connectivity index (χ0n) is 18.2. The van der Waals surface area contributed by atoms with Gasteiger partial charge in [0.1, 0.15) is 11.6 Å². The van der Waals surface area contributed by atoms with Gasteiger partial charge in [-0.3, -0.25) is 14.5 Å². The smallest absolute Gasteiger partial charge is 0.276 e. The number of methoxy groups -OCH3 is 1. The van der Waals surface area contributed by atoms with Gasteiger partial charge in [0.15, 0.2) is 5.71 Å². The predicted octanol–water partition coefficient (Wildman–Crippen LogP) is 5.32. The highest BCUT2D eigenvalue weighted by atomic mass is 35.5. The van der Waals surface area contributed by atoms with Crippen LogP contribution in [0.3, 0.4) is 0 Å². The van der Waals surface area contributed by atoms with Gasteiger partial charge in [-0.05, 0) is 65.9 Å². The lowest BCUT2D eigenvalue weighted by Gasteiger charge is -2.15. The van der Waals surface area contributed by atoms with Crippen molar-refractivity contribution in [3.8, 4) is 5.75 Å².